The first-order valence-corrected chi connectivity index (χ1v) is 16.4. The average molecular weight is 603 g/mol. The van der Waals surface area contributed by atoms with E-state index in [9.17, 15) is 0 Å². The Morgan fingerprint density at radius 3 is 1.66 bits per heavy atom. The summed E-state index contributed by atoms with van der Waals surface area (Å²) in [5, 5.41) is 2.55. The zero-order valence-electron chi connectivity index (χ0n) is 26.6. The molecule has 0 unspecified atom stereocenters. The number of anilines is 3. The van der Waals surface area contributed by atoms with Gasteiger partial charge in [-0.05, 0) is 106 Å². The smallest absolute Gasteiger partial charge is 0.0544 e. The van der Waals surface area contributed by atoms with Gasteiger partial charge in [-0.15, -0.1) is 0 Å². The largest absolute Gasteiger partial charge is 0.310 e. The van der Waals surface area contributed by atoms with Crippen LogP contribution in [0.1, 0.15) is 25.0 Å². The second kappa shape index (κ2) is 10.6. The number of aromatic nitrogens is 1. The van der Waals surface area contributed by atoms with Crippen LogP contribution in [0.2, 0.25) is 0 Å². The monoisotopic (exact) mass is 602 g/mol. The summed E-state index contributed by atoms with van der Waals surface area (Å²) >= 11 is 0. The van der Waals surface area contributed by atoms with Crippen LogP contribution in [0, 0.1) is 0 Å². The van der Waals surface area contributed by atoms with E-state index in [1.807, 2.05) is 0 Å². The quantitative estimate of drug-likeness (QED) is 0.190. The van der Waals surface area contributed by atoms with Crippen LogP contribution in [0.15, 0.2) is 170 Å². The molecule has 0 spiro atoms. The van der Waals surface area contributed by atoms with Gasteiger partial charge >= 0.3 is 0 Å². The van der Waals surface area contributed by atoms with E-state index in [0.717, 1.165) is 11.4 Å². The lowest BCUT2D eigenvalue weighted by Crippen LogP contribution is -2.16. The lowest BCUT2D eigenvalue weighted by Gasteiger charge is -2.28. The third kappa shape index (κ3) is 4.33. The summed E-state index contributed by atoms with van der Waals surface area (Å²) in [5.41, 5.74) is 14.8. The minimum absolute atomic E-state index is 0.179. The van der Waals surface area contributed by atoms with Gasteiger partial charge in [-0.1, -0.05) is 111 Å². The number of rotatable bonds is 5. The Morgan fingerprint density at radius 1 is 0.426 bits per heavy atom. The first-order chi connectivity index (χ1) is 23.1. The number of para-hydroxylation sites is 3. The zero-order chi connectivity index (χ0) is 31.5. The SMILES string of the molecule is CC1(C)c2cc(N(c3ccccc3)c3ccccc3)ccc2-c2cc3c4cc(-c5ccccc5)ccc4n(-c4ccccc4)c3cc21. The fourth-order valence-electron chi connectivity index (χ4n) is 7.64. The molecule has 47 heavy (non-hydrogen) atoms. The molecule has 1 aliphatic carbocycles. The van der Waals surface area contributed by atoms with Crippen molar-refractivity contribution in [1.82, 2.24) is 4.57 Å². The third-order valence-electron chi connectivity index (χ3n) is 9.95. The molecule has 2 heteroatoms. The number of hydrogen-bond acceptors (Lipinski definition) is 1. The molecule has 1 heterocycles. The molecular formula is C45H34N2. The van der Waals surface area contributed by atoms with E-state index >= 15 is 0 Å². The second-order valence-corrected chi connectivity index (χ2v) is 13.0. The van der Waals surface area contributed by atoms with E-state index in [1.54, 1.807) is 0 Å². The molecule has 8 aromatic rings. The van der Waals surface area contributed by atoms with Gasteiger partial charge in [0.05, 0.1) is 11.0 Å². The maximum Gasteiger partial charge on any atom is 0.0544 e. The lowest BCUT2D eigenvalue weighted by atomic mass is 9.82. The fourth-order valence-corrected chi connectivity index (χ4v) is 7.64. The number of fused-ring (bicyclic) bond motifs is 6. The van der Waals surface area contributed by atoms with E-state index in [1.165, 1.54) is 66.6 Å². The van der Waals surface area contributed by atoms with Gasteiger partial charge in [-0.2, -0.15) is 0 Å². The van der Waals surface area contributed by atoms with E-state index in [2.05, 4.69) is 193 Å². The molecule has 0 fully saturated rings. The van der Waals surface area contributed by atoms with Crippen LogP contribution in [0.3, 0.4) is 0 Å². The highest BCUT2D eigenvalue weighted by atomic mass is 15.1. The van der Waals surface area contributed by atoms with Crippen LogP contribution < -0.4 is 4.90 Å². The van der Waals surface area contributed by atoms with Crippen molar-refractivity contribution in [2.24, 2.45) is 0 Å². The molecule has 0 aliphatic heterocycles. The zero-order valence-corrected chi connectivity index (χ0v) is 26.6. The standard InChI is InChI=1S/C45H34N2/c1-45(2)41-28-36(46(33-17-9-4-10-18-33)34-19-11-5-12-20-34)24-25-37(41)38-29-40-39-27-32(31-15-7-3-8-16-31)23-26-43(39)47(44(40)30-42(38)45)35-21-13-6-14-22-35/h3-30H,1-2H3. The van der Waals surface area contributed by atoms with Gasteiger partial charge < -0.3 is 9.47 Å². The summed E-state index contributed by atoms with van der Waals surface area (Å²) in [6.07, 6.45) is 0. The van der Waals surface area contributed by atoms with Crippen LogP contribution in [0.25, 0.3) is 49.7 Å². The fraction of sp³-hybridized carbons (Fsp3) is 0.0667. The molecule has 0 N–H and O–H groups in total. The summed E-state index contributed by atoms with van der Waals surface area (Å²) in [6, 6.07) is 61.7. The molecule has 7 aromatic carbocycles. The average Bonchev–Trinajstić information content (AvgIpc) is 3.56. The first-order valence-electron chi connectivity index (χ1n) is 16.4. The van der Waals surface area contributed by atoms with Crippen LogP contribution in [-0.4, -0.2) is 4.57 Å². The molecule has 0 saturated heterocycles. The van der Waals surface area contributed by atoms with Gasteiger partial charge in [0, 0.05) is 38.9 Å². The highest BCUT2D eigenvalue weighted by molar-refractivity contribution is 6.12. The minimum Gasteiger partial charge on any atom is -0.310 e. The highest BCUT2D eigenvalue weighted by Gasteiger charge is 2.37. The molecule has 0 saturated carbocycles. The van der Waals surface area contributed by atoms with Gasteiger partial charge in [-0.3, -0.25) is 0 Å². The van der Waals surface area contributed by atoms with Crippen LogP contribution >= 0.6 is 0 Å². The summed E-state index contributed by atoms with van der Waals surface area (Å²) in [6.45, 7) is 4.76. The third-order valence-corrected chi connectivity index (χ3v) is 9.95. The van der Waals surface area contributed by atoms with Crippen molar-refractivity contribution in [3.05, 3.63) is 181 Å². The van der Waals surface area contributed by atoms with Gasteiger partial charge in [-0.25, -0.2) is 0 Å². The minimum atomic E-state index is -0.179. The maximum atomic E-state index is 2.46. The van der Waals surface area contributed by atoms with Gasteiger partial charge in [0.1, 0.15) is 0 Å². The summed E-state index contributed by atoms with van der Waals surface area (Å²) in [7, 11) is 0. The molecule has 9 rings (SSSR count). The van der Waals surface area contributed by atoms with Gasteiger partial charge in [0.25, 0.3) is 0 Å². The molecule has 1 aliphatic rings. The molecule has 0 atom stereocenters. The van der Waals surface area contributed by atoms with Crippen LogP contribution in [0.4, 0.5) is 17.1 Å². The Labute approximate surface area is 275 Å². The van der Waals surface area contributed by atoms with Crippen molar-refractivity contribution in [2.45, 2.75) is 19.3 Å². The van der Waals surface area contributed by atoms with E-state index < -0.39 is 0 Å². The Balaban J connectivity index is 1.27. The number of benzene rings is 7. The Morgan fingerprint density at radius 2 is 1.00 bits per heavy atom. The van der Waals surface area contributed by atoms with Gasteiger partial charge in [0.2, 0.25) is 0 Å². The Bertz CT molecular complexity index is 2370. The van der Waals surface area contributed by atoms with E-state index in [-0.39, 0.29) is 5.41 Å². The van der Waals surface area contributed by atoms with Crippen molar-refractivity contribution in [3.63, 3.8) is 0 Å². The Hall–Kier alpha value is -5.86. The van der Waals surface area contributed by atoms with Gasteiger partial charge in [0.15, 0.2) is 0 Å². The molecule has 0 radical (unpaired) electrons. The molecule has 0 amide bonds. The molecule has 1 aromatic heterocycles. The number of hydrogen-bond donors (Lipinski definition) is 0. The highest BCUT2D eigenvalue weighted by Crippen LogP contribution is 2.53. The molecular weight excluding hydrogens is 569 g/mol. The predicted molar refractivity (Wildman–Crippen MR) is 198 cm³/mol. The van der Waals surface area contributed by atoms with Crippen molar-refractivity contribution in [3.8, 4) is 27.9 Å². The topological polar surface area (TPSA) is 8.17 Å². The summed E-state index contributed by atoms with van der Waals surface area (Å²) < 4.78 is 2.44. The van der Waals surface area contributed by atoms with E-state index in [4.69, 9.17) is 0 Å². The predicted octanol–water partition coefficient (Wildman–Crippen LogP) is 12.2. The van der Waals surface area contributed by atoms with Crippen molar-refractivity contribution in [1.29, 1.82) is 0 Å². The number of nitrogens with zero attached hydrogens (tertiary/aromatic N) is 2. The van der Waals surface area contributed by atoms with Crippen LogP contribution in [0.5, 0.6) is 0 Å². The summed E-state index contributed by atoms with van der Waals surface area (Å²) in [4.78, 5) is 2.36. The Kier molecular flexibility index (Phi) is 6.20. The lowest BCUT2D eigenvalue weighted by molar-refractivity contribution is 0.661. The molecule has 0 bridgehead atoms. The van der Waals surface area contributed by atoms with Crippen molar-refractivity contribution < 1.29 is 0 Å². The molecule has 2 nitrogen and oxygen atoms in total. The summed E-state index contributed by atoms with van der Waals surface area (Å²) in [5.74, 6) is 0. The maximum absolute atomic E-state index is 2.46. The molecule has 224 valence electrons. The second-order valence-electron chi connectivity index (χ2n) is 13.0. The van der Waals surface area contributed by atoms with Crippen molar-refractivity contribution >= 4 is 38.9 Å². The van der Waals surface area contributed by atoms with Crippen LogP contribution in [-0.2, 0) is 5.41 Å². The first kappa shape index (κ1) is 27.5. The normalized spacial score (nSPS) is 13.1. The van der Waals surface area contributed by atoms with E-state index in [0.29, 0.717) is 0 Å². The van der Waals surface area contributed by atoms with Crippen molar-refractivity contribution in [2.75, 3.05) is 4.90 Å².